The number of nitrogens with one attached hydrogen (secondary N) is 1. The van der Waals surface area contributed by atoms with Crippen LogP contribution in [-0.2, 0) is 16.1 Å². The van der Waals surface area contributed by atoms with Gasteiger partial charge in [-0.05, 0) is 29.8 Å². The number of amides is 4. The van der Waals surface area contributed by atoms with E-state index in [0.29, 0.717) is 11.4 Å². The third-order valence-electron chi connectivity index (χ3n) is 5.15. The third kappa shape index (κ3) is 4.83. The topological polar surface area (TPSA) is 73.0 Å². The second-order valence-corrected chi connectivity index (χ2v) is 8.55. The van der Waals surface area contributed by atoms with Crippen LogP contribution < -0.4 is 10.2 Å². The molecule has 30 heavy (non-hydrogen) atoms. The lowest BCUT2D eigenvalue weighted by Gasteiger charge is -2.26. The molecule has 4 amide bonds. The Morgan fingerprint density at radius 3 is 2.53 bits per heavy atom. The van der Waals surface area contributed by atoms with Crippen molar-refractivity contribution in [2.75, 3.05) is 47.9 Å². The van der Waals surface area contributed by atoms with E-state index in [1.807, 2.05) is 42.1 Å². The molecule has 4 rings (SSSR count). The van der Waals surface area contributed by atoms with Gasteiger partial charge in [0.15, 0.2) is 0 Å². The summed E-state index contributed by atoms with van der Waals surface area (Å²) in [5.74, 6) is 1.52. The van der Waals surface area contributed by atoms with Gasteiger partial charge in [-0.15, -0.1) is 0 Å². The summed E-state index contributed by atoms with van der Waals surface area (Å²) in [5.41, 5.74) is 2.44. The minimum absolute atomic E-state index is 0.0558. The normalized spacial score (nSPS) is 17.5. The first-order valence-corrected chi connectivity index (χ1v) is 11.1. The predicted molar refractivity (Wildman–Crippen MR) is 119 cm³/mol. The van der Waals surface area contributed by atoms with Crippen LogP contribution in [0.25, 0.3) is 0 Å². The van der Waals surface area contributed by atoms with Crippen molar-refractivity contribution in [3.8, 4) is 0 Å². The summed E-state index contributed by atoms with van der Waals surface area (Å²) in [7, 11) is 0. The summed E-state index contributed by atoms with van der Waals surface area (Å²) < 4.78 is 0. The van der Waals surface area contributed by atoms with Crippen molar-refractivity contribution < 1.29 is 14.4 Å². The molecule has 2 aromatic rings. The highest BCUT2D eigenvalue weighted by atomic mass is 32.2. The average Bonchev–Trinajstić information content (AvgIpc) is 3.03. The predicted octanol–water partition coefficient (Wildman–Crippen LogP) is 2.64. The quantitative estimate of drug-likeness (QED) is 0.722. The number of carbonyl (C=O) groups is 3. The summed E-state index contributed by atoms with van der Waals surface area (Å²) in [6.45, 7) is 2.63. The second kappa shape index (κ2) is 9.32. The van der Waals surface area contributed by atoms with Gasteiger partial charge in [0, 0.05) is 42.5 Å². The van der Waals surface area contributed by atoms with E-state index in [4.69, 9.17) is 0 Å². The van der Waals surface area contributed by atoms with Crippen molar-refractivity contribution in [3.05, 3.63) is 60.2 Å². The van der Waals surface area contributed by atoms with E-state index in [1.54, 1.807) is 24.3 Å². The smallest absolute Gasteiger partial charge is 0.325 e. The molecule has 2 aromatic carbocycles. The number of hydrogen-bond acceptors (Lipinski definition) is 5. The molecule has 2 aliphatic rings. The molecular formula is C22H24N4O3S. The lowest BCUT2D eigenvalue weighted by molar-refractivity contribution is -0.128. The van der Waals surface area contributed by atoms with Gasteiger partial charge in [-0.1, -0.05) is 30.3 Å². The number of carbonyl (C=O) groups excluding carboxylic acids is 3. The van der Waals surface area contributed by atoms with Gasteiger partial charge in [-0.25, -0.2) is 4.79 Å². The Balaban J connectivity index is 1.36. The molecule has 0 bridgehead atoms. The fraction of sp³-hybridized carbons (Fsp3) is 0.318. The molecule has 1 N–H and O–H groups in total. The van der Waals surface area contributed by atoms with Crippen molar-refractivity contribution >= 4 is 41.0 Å². The molecule has 2 heterocycles. The van der Waals surface area contributed by atoms with E-state index in [0.717, 1.165) is 41.6 Å². The van der Waals surface area contributed by atoms with Crippen LogP contribution in [-0.4, -0.2) is 65.3 Å². The molecule has 8 heteroatoms. The first kappa shape index (κ1) is 20.4. The Morgan fingerprint density at radius 1 is 1.00 bits per heavy atom. The first-order chi connectivity index (χ1) is 14.6. The van der Waals surface area contributed by atoms with Crippen LogP contribution in [0.15, 0.2) is 54.6 Å². The zero-order valence-electron chi connectivity index (χ0n) is 16.6. The average molecular weight is 425 g/mol. The lowest BCUT2D eigenvalue weighted by atomic mass is 10.2. The molecule has 0 unspecified atom stereocenters. The van der Waals surface area contributed by atoms with Gasteiger partial charge in [0.05, 0.1) is 0 Å². The van der Waals surface area contributed by atoms with Gasteiger partial charge in [-0.3, -0.25) is 24.3 Å². The number of nitrogens with zero attached hydrogens (tertiary/aromatic N) is 3. The maximum absolute atomic E-state index is 12.6. The Labute approximate surface area is 180 Å². The molecule has 156 valence electrons. The van der Waals surface area contributed by atoms with Gasteiger partial charge < -0.3 is 5.32 Å². The van der Waals surface area contributed by atoms with E-state index in [-0.39, 0.29) is 19.0 Å². The monoisotopic (exact) mass is 424 g/mol. The molecule has 0 spiro atoms. The van der Waals surface area contributed by atoms with Crippen LogP contribution in [0.2, 0.25) is 0 Å². The van der Waals surface area contributed by atoms with E-state index >= 15 is 0 Å². The zero-order valence-corrected chi connectivity index (χ0v) is 17.4. The van der Waals surface area contributed by atoms with Crippen LogP contribution in [0.5, 0.6) is 0 Å². The molecule has 2 fully saturated rings. The summed E-state index contributed by atoms with van der Waals surface area (Å²) in [5, 5.41) is 2.82. The highest BCUT2D eigenvalue weighted by Crippen LogP contribution is 2.21. The Morgan fingerprint density at radius 2 is 1.77 bits per heavy atom. The standard InChI is InChI=1S/C22H24N4O3S/c27-20(15-26-21(28)16-25(22(26)29)19-7-2-1-3-8-19)23-18-6-4-5-17(13-18)14-24-9-11-30-12-10-24/h1-8,13H,9-12,14-16H2,(H,23,27). The van der Waals surface area contributed by atoms with Crippen LogP contribution >= 0.6 is 11.8 Å². The zero-order chi connectivity index (χ0) is 20.9. The minimum Gasteiger partial charge on any atom is -0.325 e. The molecule has 2 saturated heterocycles. The molecule has 7 nitrogen and oxygen atoms in total. The van der Waals surface area contributed by atoms with E-state index in [2.05, 4.69) is 10.2 Å². The van der Waals surface area contributed by atoms with Crippen LogP contribution in [0, 0.1) is 0 Å². The highest BCUT2D eigenvalue weighted by Gasteiger charge is 2.37. The fourth-order valence-corrected chi connectivity index (χ4v) is 4.59. The van der Waals surface area contributed by atoms with E-state index in [1.165, 1.54) is 4.90 Å². The molecule has 2 aliphatic heterocycles. The molecule has 0 radical (unpaired) electrons. The largest absolute Gasteiger partial charge is 0.332 e. The number of hydrogen-bond donors (Lipinski definition) is 1. The van der Waals surface area contributed by atoms with E-state index in [9.17, 15) is 14.4 Å². The fourth-order valence-electron chi connectivity index (χ4n) is 3.62. The summed E-state index contributed by atoms with van der Waals surface area (Å²) >= 11 is 1.97. The maximum atomic E-state index is 12.6. The lowest BCUT2D eigenvalue weighted by Crippen LogP contribution is -2.39. The summed E-state index contributed by atoms with van der Waals surface area (Å²) in [6, 6.07) is 16.2. The molecule has 0 atom stereocenters. The number of benzene rings is 2. The minimum atomic E-state index is -0.474. The van der Waals surface area contributed by atoms with Crippen molar-refractivity contribution in [2.24, 2.45) is 0 Å². The molecular weight excluding hydrogens is 400 g/mol. The Bertz CT molecular complexity index is 931. The number of thioether (sulfide) groups is 1. The van der Waals surface area contributed by atoms with Gasteiger partial charge in [0.2, 0.25) is 5.91 Å². The summed E-state index contributed by atoms with van der Waals surface area (Å²) in [4.78, 5) is 42.2. The van der Waals surface area contributed by atoms with Crippen LogP contribution in [0.3, 0.4) is 0 Å². The van der Waals surface area contributed by atoms with Gasteiger partial charge in [-0.2, -0.15) is 11.8 Å². The third-order valence-corrected chi connectivity index (χ3v) is 6.09. The van der Waals surface area contributed by atoms with Gasteiger partial charge >= 0.3 is 6.03 Å². The number of urea groups is 1. The Hall–Kier alpha value is -2.84. The molecule has 0 aromatic heterocycles. The van der Waals surface area contributed by atoms with Gasteiger partial charge in [0.25, 0.3) is 5.91 Å². The SMILES string of the molecule is O=C(CN1C(=O)CN(c2ccccc2)C1=O)Nc1cccc(CN2CCSCC2)c1. The number of anilines is 2. The van der Waals surface area contributed by atoms with E-state index < -0.39 is 11.9 Å². The maximum Gasteiger partial charge on any atom is 0.332 e. The summed E-state index contributed by atoms with van der Waals surface area (Å²) in [6.07, 6.45) is 0. The van der Waals surface area contributed by atoms with Gasteiger partial charge in [0.1, 0.15) is 13.1 Å². The van der Waals surface area contributed by atoms with Crippen molar-refractivity contribution in [3.63, 3.8) is 0 Å². The number of para-hydroxylation sites is 1. The van der Waals surface area contributed by atoms with Crippen LogP contribution in [0.4, 0.5) is 16.2 Å². The van der Waals surface area contributed by atoms with Crippen LogP contribution in [0.1, 0.15) is 5.56 Å². The van der Waals surface area contributed by atoms with Crippen molar-refractivity contribution in [1.29, 1.82) is 0 Å². The first-order valence-electron chi connectivity index (χ1n) is 9.96. The number of imide groups is 1. The molecule has 0 saturated carbocycles. The highest BCUT2D eigenvalue weighted by molar-refractivity contribution is 7.99. The number of rotatable bonds is 6. The second-order valence-electron chi connectivity index (χ2n) is 7.32. The molecule has 0 aliphatic carbocycles. The Kier molecular flexibility index (Phi) is 6.35. The van der Waals surface area contributed by atoms with Crippen molar-refractivity contribution in [1.82, 2.24) is 9.80 Å². The van der Waals surface area contributed by atoms with Crippen molar-refractivity contribution in [2.45, 2.75) is 6.54 Å².